The minimum Gasteiger partial charge on any atom is -0.497 e. The van der Waals surface area contributed by atoms with Gasteiger partial charge in [0, 0.05) is 24.3 Å². The maximum Gasteiger partial charge on any atom is 0.262 e. The van der Waals surface area contributed by atoms with Crippen molar-refractivity contribution < 1.29 is 19.0 Å². The third-order valence-electron chi connectivity index (χ3n) is 5.27. The van der Waals surface area contributed by atoms with Crippen LogP contribution in [0, 0.1) is 9.49 Å². The number of methoxy groups -OCH3 is 2. The molecule has 0 saturated carbocycles. The lowest BCUT2D eigenvalue weighted by molar-refractivity contribution is -0.118. The molecule has 0 unspecified atom stereocenters. The first-order chi connectivity index (χ1) is 14.9. The zero-order chi connectivity index (χ0) is 22.4. The lowest BCUT2D eigenvalue weighted by Crippen LogP contribution is -2.37. The van der Waals surface area contributed by atoms with E-state index in [1.807, 2.05) is 12.1 Å². The SMILES string of the molecule is COc1ccc(NC(=O)COc2c(I)cc(C(=S)N3CCC(C)CC3)cc2OC)cc1. The number of nitrogens with one attached hydrogen (secondary N) is 1. The fourth-order valence-corrected chi connectivity index (χ4v) is 4.44. The van der Waals surface area contributed by atoms with Crippen molar-refractivity contribution in [3.8, 4) is 17.2 Å². The van der Waals surface area contributed by atoms with Crippen molar-refractivity contribution in [2.45, 2.75) is 19.8 Å². The first kappa shape index (κ1) is 23.6. The predicted octanol–water partition coefficient (Wildman–Crippen LogP) is 4.73. The van der Waals surface area contributed by atoms with Crippen molar-refractivity contribution in [3.05, 3.63) is 45.5 Å². The van der Waals surface area contributed by atoms with Crippen molar-refractivity contribution in [2.75, 3.05) is 39.2 Å². The van der Waals surface area contributed by atoms with Gasteiger partial charge in [-0.1, -0.05) is 19.1 Å². The molecule has 1 heterocycles. The van der Waals surface area contributed by atoms with Crippen molar-refractivity contribution in [2.24, 2.45) is 5.92 Å². The molecule has 0 bridgehead atoms. The van der Waals surface area contributed by atoms with Gasteiger partial charge in [0.25, 0.3) is 5.91 Å². The molecular formula is C23H27IN2O4S. The van der Waals surface area contributed by atoms with E-state index in [9.17, 15) is 4.79 Å². The molecular weight excluding hydrogens is 527 g/mol. The van der Waals surface area contributed by atoms with E-state index >= 15 is 0 Å². The summed E-state index contributed by atoms with van der Waals surface area (Å²) in [6, 6.07) is 11.0. The Kier molecular flexibility index (Phi) is 8.36. The molecule has 1 aliphatic heterocycles. The Hall–Kier alpha value is -2.07. The van der Waals surface area contributed by atoms with Gasteiger partial charge in [0.15, 0.2) is 18.1 Å². The Labute approximate surface area is 202 Å². The number of carbonyl (C=O) groups is 1. The van der Waals surface area contributed by atoms with Crippen molar-refractivity contribution in [1.29, 1.82) is 0 Å². The zero-order valence-electron chi connectivity index (χ0n) is 17.9. The average Bonchev–Trinajstić information content (AvgIpc) is 2.78. The predicted molar refractivity (Wildman–Crippen MR) is 135 cm³/mol. The molecule has 1 N–H and O–H groups in total. The van der Waals surface area contributed by atoms with Crippen LogP contribution < -0.4 is 19.5 Å². The maximum atomic E-state index is 12.3. The van der Waals surface area contributed by atoms with Crippen LogP contribution in [0.5, 0.6) is 17.2 Å². The van der Waals surface area contributed by atoms with E-state index in [4.69, 9.17) is 26.4 Å². The second-order valence-corrected chi connectivity index (χ2v) is 9.08. The Morgan fingerprint density at radius 1 is 1.16 bits per heavy atom. The molecule has 6 nitrogen and oxygen atoms in total. The second kappa shape index (κ2) is 11.0. The van der Waals surface area contributed by atoms with Crippen LogP contribution in [-0.2, 0) is 4.79 Å². The van der Waals surface area contributed by atoms with E-state index in [2.05, 4.69) is 39.7 Å². The smallest absolute Gasteiger partial charge is 0.262 e. The Balaban J connectivity index is 1.65. The summed E-state index contributed by atoms with van der Waals surface area (Å²) in [5.41, 5.74) is 1.61. The average molecular weight is 554 g/mol. The van der Waals surface area contributed by atoms with Gasteiger partial charge in [-0.05, 0) is 77.7 Å². The largest absolute Gasteiger partial charge is 0.497 e. The van der Waals surface area contributed by atoms with Gasteiger partial charge in [-0.15, -0.1) is 0 Å². The van der Waals surface area contributed by atoms with E-state index in [0.717, 1.165) is 51.7 Å². The molecule has 2 aromatic carbocycles. The maximum absolute atomic E-state index is 12.3. The summed E-state index contributed by atoms with van der Waals surface area (Å²) in [7, 11) is 3.19. The Morgan fingerprint density at radius 2 is 1.84 bits per heavy atom. The first-order valence-corrected chi connectivity index (χ1v) is 11.6. The van der Waals surface area contributed by atoms with Crippen LogP contribution in [0.3, 0.4) is 0 Å². The van der Waals surface area contributed by atoms with Crippen LogP contribution in [0.15, 0.2) is 36.4 Å². The molecule has 0 radical (unpaired) electrons. The van der Waals surface area contributed by atoms with Gasteiger partial charge in [0.2, 0.25) is 0 Å². The number of thiocarbonyl (C=S) groups is 1. The number of carbonyl (C=O) groups excluding carboxylic acids is 1. The molecule has 0 spiro atoms. The van der Waals surface area contributed by atoms with Gasteiger partial charge in [-0.2, -0.15) is 0 Å². The zero-order valence-corrected chi connectivity index (χ0v) is 20.9. The highest BCUT2D eigenvalue weighted by atomic mass is 127. The molecule has 8 heteroatoms. The highest BCUT2D eigenvalue weighted by Gasteiger charge is 2.21. The van der Waals surface area contributed by atoms with Crippen LogP contribution >= 0.6 is 34.8 Å². The van der Waals surface area contributed by atoms with Gasteiger partial charge in [-0.25, -0.2) is 0 Å². The minimum absolute atomic E-state index is 0.133. The van der Waals surface area contributed by atoms with Crippen LogP contribution in [-0.4, -0.2) is 49.7 Å². The minimum atomic E-state index is -0.259. The van der Waals surface area contributed by atoms with Gasteiger partial charge < -0.3 is 24.4 Å². The molecule has 1 fully saturated rings. The summed E-state index contributed by atoms with van der Waals surface area (Å²) in [5, 5.41) is 2.81. The quantitative estimate of drug-likeness (QED) is 0.395. The number of ether oxygens (including phenoxy) is 3. The molecule has 0 aliphatic carbocycles. The summed E-state index contributed by atoms with van der Waals surface area (Å²) >= 11 is 7.93. The van der Waals surface area contributed by atoms with Crippen LogP contribution in [0.4, 0.5) is 5.69 Å². The Morgan fingerprint density at radius 3 is 2.45 bits per heavy atom. The highest BCUT2D eigenvalue weighted by molar-refractivity contribution is 14.1. The number of anilines is 1. The molecule has 31 heavy (non-hydrogen) atoms. The van der Waals surface area contributed by atoms with Crippen LogP contribution in [0.1, 0.15) is 25.3 Å². The van der Waals surface area contributed by atoms with Gasteiger partial charge in [0.05, 0.1) is 17.8 Å². The number of hydrogen-bond acceptors (Lipinski definition) is 5. The molecule has 0 atom stereocenters. The third kappa shape index (κ3) is 6.22. The molecule has 1 aliphatic rings. The number of rotatable bonds is 7. The van der Waals surface area contributed by atoms with E-state index in [1.165, 1.54) is 0 Å². The van der Waals surface area contributed by atoms with E-state index in [0.29, 0.717) is 17.2 Å². The standard InChI is InChI=1S/C23H27IN2O4S/c1-15-8-10-26(11-9-15)23(31)16-12-19(24)22(20(13-16)29-3)30-14-21(27)25-17-4-6-18(28-2)7-5-17/h4-7,12-13,15H,8-11,14H2,1-3H3,(H,25,27). The van der Waals surface area contributed by atoms with E-state index in [-0.39, 0.29) is 12.5 Å². The second-order valence-electron chi connectivity index (χ2n) is 7.53. The van der Waals surface area contributed by atoms with Crippen LogP contribution in [0.2, 0.25) is 0 Å². The number of hydrogen-bond donors (Lipinski definition) is 1. The molecule has 1 saturated heterocycles. The fraction of sp³-hybridized carbons (Fsp3) is 0.391. The molecule has 166 valence electrons. The number of amides is 1. The fourth-order valence-electron chi connectivity index (χ4n) is 3.39. The van der Waals surface area contributed by atoms with Crippen molar-refractivity contribution >= 4 is 51.4 Å². The number of halogens is 1. The number of likely N-dealkylation sites (tertiary alicyclic amines) is 1. The van der Waals surface area contributed by atoms with Crippen molar-refractivity contribution in [3.63, 3.8) is 0 Å². The normalized spacial score (nSPS) is 14.1. The molecule has 1 amide bonds. The van der Waals surface area contributed by atoms with Gasteiger partial charge in [-0.3, -0.25) is 4.79 Å². The number of nitrogens with zero attached hydrogens (tertiary/aromatic N) is 1. The van der Waals surface area contributed by atoms with Crippen LogP contribution in [0.25, 0.3) is 0 Å². The summed E-state index contributed by atoms with van der Waals surface area (Å²) in [6.45, 7) is 4.10. The van der Waals surface area contributed by atoms with Crippen molar-refractivity contribution in [1.82, 2.24) is 4.90 Å². The monoisotopic (exact) mass is 554 g/mol. The summed E-state index contributed by atoms with van der Waals surface area (Å²) in [5.74, 6) is 2.31. The summed E-state index contributed by atoms with van der Waals surface area (Å²) in [4.78, 5) is 15.4. The third-order valence-corrected chi connectivity index (χ3v) is 6.56. The summed E-state index contributed by atoms with van der Waals surface area (Å²) in [6.07, 6.45) is 2.30. The highest BCUT2D eigenvalue weighted by Crippen LogP contribution is 2.35. The lowest BCUT2D eigenvalue weighted by atomic mass is 9.99. The molecule has 3 rings (SSSR count). The number of benzene rings is 2. The van der Waals surface area contributed by atoms with E-state index in [1.54, 1.807) is 38.5 Å². The molecule has 2 aromatic rings. The van der Waals surface area contributed by atoms with Gasteiger partial charge >= 0.3 is 0 Å². The Bertz CT molecular complexity index is 928. The van der Waals surface area contributed by atoms with E-state index < -0.39 is 0 Å². The first-order valence-electron chi connectivity index (χ1n) is 10.1. The number of piperidine rings is 1. The lowest BCUT2D eigenvalue weighted by Gasteiger charge is -2.32. The summed E-state index contributed by atoms with van der Waals surface area (Å²) < 4.78 is 17.3. The molecule has 0 aromatic heterocycles. The topological polar surface area (TPSA) is 60.0 Å². The van der Waals surface area contributed by atoms with Gasteiger partial charge in [0.1, 0.15) is 10.7 Å².